The van der Waals surface area contributed by atoms with E-state index in [2.05, 4.69) is 11.1 Å². The number of aryl methyl sites for hydroxylation is 2. The van der Waals surface area contributed by atoms with Crippen LogP contribution < -0.4 is 0 Å². The Balaban J connectivity index is 1.63. The minimum atomic E-state index is -0.726. The number of amides is 1. The maximum absolute atomic E-state index is 12.7. The predicted molar refractivity (Wildman–Crippen MR) is 99.8 cm³/mol. The van der Waals surface area contributed by atoms with Gasteiger partial charge >= 0.3 is 0 Å². The van der Waals surface area contributed by atoms with Crippen LogP contribution in [-0.4, -0.2) is 52.8 Å². The third-order valence-corrected chi connectivity index (χ3v) is 4.85. The second-order valence-corrected chi connectivity index (χ2v) is 7.03. The maximum atomic E-state index is 12.7. The van der Waals surface area contributed by atoms with Gasteiger partial charge in [0.15, 0.2) is 0 Å². The highest BCUT2D eigenvalue weighted by Crippen LogP contribution is 2.24. The minimum Gasteiger partial charge on any atom is -0.393 e. The lowest BCUT2D eigenvalue weighted by molar-refractivity contribution is -0.157. The van der Waals surface area contributed by atoms with Crippen LogP contribution in [0.1, 0.15) is 23.1 Å². The van der Waals surface area contributed by atoms with E-state index in [1.165, 1.54) is 5.56 Å². The minimum absolute atomic E-state index is 0.0965. The molecule has 1 aliphatic heterocycles. The lowest BCUT2D eigenvalue weighted by atomic mass is 9.92. The van der Waals surface area contributed by atoms with Crippen LogP contribution in [0.25, 0.3) is 0 Å². The molecule has 0 saturated carbocycles. The van der Waals surface area contributed by atoms with E-state index < -0.39 is 5.60 Å². The molecule has 2 aromatic rings. The van der Waals surface area contributed by atoms with Crippen LogP contribution in [0.3, 0.4) is 0 Å². The van der Waals surface area contributed by atoms with E-state index in [1.54, 1.807) is 12.4 Å². The highest BCUT2D eigenvalue weighted by atomic mass is 16.5. The quantitative estimate of drug-likeness (QED) is 0.863. The topological polar surface area (TPSA) is 62.7 Å². The Kier molecular flexibility index (Phi) is 6.01. The van der Waals surface area contributed by atoms with Gasteiger partial charge in [-0.2, -0.15) is 0 Å². The van der Waals surface area contributed by atoms with Crippen LogP contribution in [-0.2, 0) is 22.4 Å². The SMILES string of the molecule is Cc1cccc(C[C@]2(CO)CN(C(=O)CCc3cccnc3)CCO2)c1. The molecule has 138 valence electrons. The fourth-order valence-electron chi connectivity index (χ4n) is 3.47. The molecule has 0 spiro atoms. The summed E-state index contributed by atoms with van der Waals surface area (Å²) in [5.74, 6) is 0.0965. The van der Waals surface area contributed by atoms with E-state index in [4.69, 9.17) is 4.74 Å². The normalized spacial score (nSPS) is 20.2. The van der Waals surface area contributed by atoms with Gasteiger partial charge in [-0.3, -0.25) is 9.78 Å². The summed E-state index contributed by atoms with van der Waals surface area (Å²) in [6.07, 6.45) is 5.24. The molecule has 0 radical (unpaired) electrons. The van der Waals surface area contributed by atoms with E-state index >= 15 is 0 Å². The number of rotatable bonds is 6. The molecule has 1 atom stereocenters. The molecule has 1 aromatic heterocycles. The molecule has 1 N–H and O–H groups in total. The molecule has 1 saturated heterocycles. The molecule has 26 heavy (non-hydrogen) atoms. The number of carbonyl (C=O) groups is 1. The zero-order valence-corrected chi connectivity index (χ0v) is 15.2. The van der Waals surface area contributed by atoms with Crippen LogP contribution in [0.2, 0.25) is 0 Å². The first kappa shape index (κ1) is 18.5. The number of aliphatic hydroxyl groups excluding tert-OH is 1. The Labute approximate surface area is 154 Å². The van der Waals surface area contributed by atoms with Crippen molar-refractivity contribution >= 4 is 5.91 Å². The van der Waals surface area contributed by atoms with Gasteiger partial charge < -0.3 is 14.7 Å². The molecule has 0 unspecified atom stereocenters. The molecular weight excluding hydrogens is 328 g/mol. The van der Waals surface area contributed by atoms with E-state index in [0.717, 1.165) is 11.1 Å². The fourth-order valence-corrected chi connectivity index (χ4v) is 3.47. The smallest absolute Gasteiger partial charge is 0.223 e. The summed E-state index contributed by atoms with van der Waals surface area (Å²) in [7, 11) is 0. The number of morpholine rings is 1. The van der Waals surface area contributed by atoms with Gasteiger partial charge in [0.25, 0.3) is 0 Å². The number of nitrogens with zero attached hydrogens (tertiary/aromatic N) is 2. The van der Waals surface area contributed by atoms with E-state index in [-0.39, 0.29) is 12.5 Å². The summed E-state index contributed by atoms with van der Waals surface area (Å²) in [6, 6.07) is 12.1. The molecule has 1 fully saturated rings. The Morgan fingerprint density at radius 1 is 1.31 bits per heavy atom. The first-order valence-electron chi connectivity index (χ1n) is 9.07. The highest BCUT2D eigenvalue weighted by Gasteiger charge is 2.38. The summed E-state index contributed by atoms with van der Waals surface area (Å²) >= 11 is 0. The number of aliphatic hydroxyl groups is 1. The van der Waals surface area contributed by atoms with Crippen molar-refractivity contribution < 1.29 is 14.6 Å². The lowest BCUT2D eigenvalue weighted by Gasteiger charge is -2.42. The zero-order chi connectivity index (χ0) is 18.4. The van der Waals surface area contributed by atoms with Crippen molar-refractivity contribution in [3.05, 3.63) is 65.5 Å². The molecule has 0 aliphatic carbocycles. The van der Waals surface area contributed by atoms with Crippen LogP contribution in [0.15, 0.2) is 48.8 Å². The number of pyridine rings is 1. The van der Waals surface area contributed by atoms with Gasteiger partial charge in [-0.25, -0.2) is 0 Å². The summed E-state index contributed by atoms with van der Waals surface area (Å²) in [5.41, 5.74) is 2.62. The van der Waals surface area contributed by atoms with Crippen LogP contribution in [0, 0.1) is 6.92 Å². The summed E-state index contributed by atoms with van der Waals surface area (Å²) in [5, 5.41) is 10.0. The molecule has 2 heterocycles. The third-order valence-electron chi connectivity index (χ3n) is 4.85. The Hall–Kier alpha value is -2.24. The van der Waals surface area contributed by atoms with Gasteiger partial charge in [-0.05, 0) is 30.5 Å². The second kappa shape index (κ2) is 8.43. The summed E-state index contributed by atoms with van der Waals surface area (Å²) in [6.45, 7) is 3.38. The van der Waals surface area contributed by atoms with Gasteiger partial charge in [0, 0.05) is 31.8 Å². The molecular formula is C21H26N2O3. The maximum Gasteiger partial charge on any atom is 0.223 e. The largest absolute Gasteiger partial charge is 0.393 e. The monoisotopic (exact) mass is 354 g/mol. The van der Waals surface area contributed by atoms with E-state index in [1.807, 2.05) is 42.2 Å². The molecule has 1 amide bonds. The standard InChI is InChI=1S/C21H26N2O3/c1-17-4-2-5-19(12-17)13-21(16-24)15-23(10-11-26-21)20(25)8-7-18-6-3-9-22-14-18/h2-6,9,12,14,24H,7-8,10-11,13,15-16H2,1H3/t21-/m1/s1. The van der Waals surface area contributed by atoms with E-state index in [0.29, 0.717) is 39.0 Å². The number of aromatic nitrogens is 1. The average Bonchev–Trinajstić information content (AvgIpc) is 2.67. The van der Waals surface area contributed by atoms with Gasteiger partial charge in [-0.15, -0.1) is 0 Å². The first-order valence-corrected chi connectivity index (χ1v) is 9.07. The molecule has 1 aromatic carbocycles. The van der Waals surface area contributed by atoms with Crippen molar-refractivity contribution in [2.24, 2.45) is 0 Å². The van der Waals surface area contributed by atoms with Crippen molar-refractivity contribution in [2.75, 3.05) is 26.3 Å². The summed E-state index contributed by atoms with van der Waals surface area (Å²) in [4.78, 5) is 18.6. The Bertz CT molecular complexity index is 735. The lowest BCUT2D eigenvalue weighted by Crippen LogP contribution is -2.56. The van der Waals surface area contributed by atoms with Gasteiger partial charge in [0.05, 0.1) is 19.8 Å². The first-order chi connectivity index (χ1) is 12.6. The molecule has 0 bridgehead atoms. The molecule has 1 aliphatic rings. The number of hydrogen-bond donors (Lipinski definition) is 1. The number of ether oxygens (including phenoxy) is 1. The number of carbonyl (C=O) groups excluding carboxylic acids is 1. The fraction of sp³-hybridized carbons (Fsp3) is 0.429. The van der Waals surface area contributed by atoms with Crippen LogP contribution in [0.4, 0.5) is 0 Å². The zero-order valence-electron chi connectivity index (χ0n) is 15.2. The molecule has 5 heteroatoms. The third kappa shape index (κ3) is 4.68. The predicted octanol–water partition coefficient (Wildman–Crippen LogP) is 2.16. The van der Waals surface area contributed by atoms with Crippen LogP contribution in [0.5, 0.6) is 0 Å². The Morgan fingerprint density at radius 3 is 2.88 bits per heavy atom. The average molecular weight is 354 g/mol. The number of hydrogen-bond acceptors (Lipinski definition) is 4. The van der Waals surface area contributed by atoms with E-state index in [9.17, 15) is 9.90 Å². The van der Waals surface area contributed by atoms with Crippen LogP contribution >= 0.6 is 0 Å². The van der Waals surface area contributed by atoms with Crippen molar-refractivity contribution in [1.29, 1.82) is 0 Å². The van der Waals surface area contributed by atoms with Crippen molar-refractivity contribution in [1.82, 2.24) is 9.88 Å². The molecule has 3 rings (SSSR count). The van der Waals surface area contributed by atoms with Crippen molar-refractivity contribution in [3.63, 3.8) is 0 Å². The van der Waals surface area contributed by atoms with Crippen molar-refractivity contribution in [2.45, 2.75) is 31.8 Å². The van der Waals surface area contributed by atoms with Gasteiger partial charge in [0.2, 0.25) is 5.91 Å². The van der Waals surface area contributed by atoms with Gasteiger partial charge in [-0.1, -0.05) is 35.9 Å². The second-order valence-electron chi connectivity index (χ2n) is 7.03. The summed E-state index contributed by atoms with van der Waals surface area (Å²) < 4.78 is 5.95. The molecule has 5 nitrogen and oxygen atoms in total. The number of benzene rings is 1. The van der Waals surface area contributed by atoms with Gasteiger partial charge in [0.1, 0.15) is 5.60 Å². The van der Waals surface area contributed by atoms with Crippen molar-refractivity contribution in [3.8, 4) is 0 Å². The highest BCUT2D eigenvalue weighted by molar-refractivity contribution is 5.76. The Morgan fingerprint density at radius 2 is 2.15 bits per heavy atom.